The minimum atomic E-state index is -0.254. The third-order valence-electron chi connectivity index (χ3n) is 4.76. The molecule has 0 aliphatic carbocycles. The molecule has 0 unspecified atom stereocenters. The van der Waals surface area contributed by atoms with Crippen molar-refractivity contribution in [3.8, 4) is 16.3 Å². The number of aromatic nitrogens is 1. The van der Waals surface area contributed by atoms with Gasteiger partial charge in [-0.1, -0.05) is 43.3 Å². The maximum atomic E-state index is 12.4. The molecule has 4 rings (SSSR count). The molecule has 0 atom stereocenters. The van der Waals surface area contributed by atoms with Gasteiger partial charge in [0, 0.05) is 17.7 Å². The molecule has 162 valence electrons. The van der Waals surface area contributed by atoms with Crippen LogP contribution in [0.5, 0.6) is 5.75 Å². The summed E-state index contributed by atoms with van der Waals surface area (Å²) >= 11 is 6.96. The highest BCUT2D eigenvalue weighted by Gasteiger charge is 2.09. The van der Waals surface area contributed by atoms with Gasteiger partial charge in [-0.2, -0.15) is 0 Å². The van der Waals surface area contributed by atoms with Crippen molar-refractivity contribution in [2.24, 2.45) is 0 Å². The zero-order valence-electron chi connectivity index (χ0n) is 17.6. The number of thiazole rings is 1. The molecule has 0 aliphatic heterocycles. The number of hydrogen-bond donors (Lipinski definition) is 2. The van der Waals surface area contributed by atoms with Crippen LogP contribution in [-0.4, -0.2) is 22.6 Å². The summed E-state index contributed by atoms with van der Waals surface area (Å²) in [6.07, 6.45) is 0.937. The molecule has 0 bridgehead atoms. The molecule has 1 heterocycles. The molecule has 0 spiro atoms. The fraction of sp³-hybridized carbons (Fsp3) is 0.160. The van der Waals surface area contributed by atoms with Crippen LogP contribution >= 0.6 is 23.6 Å². The predicted octanol–water partition coefficient (Wildman–Crippen LogP) is 5.56. The van der Waals surface area contributed by atoms with E-state index in [-0.39, 0.29) is 11.0 Å². The number of rotatable bonds is 7. The van der Waals surface area contributed by atoms with E-state index in [1.807, 2.05) is 37.3 Å². The van der Waals surface area contributed by atoms with Gasteiger partial charge in [0.15, 0.2) is 5.11 Å². The van der Waals surface area contributed by atoms with E-state index < -0.39 is 0 Å². The molecule has 2 N–H and O–H groups in total. The molecule has 1 amide bonds. The van der Waals surface area contributed by atoms with Gasteiger partial charge in [-0.05, 0) is 60.6 Å². The number of para-hydroxylation sites is 1. The Balaban J connectivity index is 1.29. The standard InChI is InChI=1S/C25H23N3O2S2/c1-2-15-30-20-13-11-18(12-14-20)23(29)28-25(31)26-16-17-7-9-19(10-8-17)24-27-21-5-3-4-6-22(21)32-24/h3-14H,2,15-16H2,1H3,(H2,26,28,29,31). The molecule has 32 heavy (non-hydrogen) atoms. The maximum Gasteiger partial charge on any atom is 0.257 e. The molecule has 0 fully saturated rings. The van der Waals surface area contributed by atoms with E-state index in [1.165, 1.54) is 4.70 Å². The van der Waals surface area contributed by atoms with Gasteiger partial charge >= 0.3 is 0 Å². The van der Waals surface area contributed by atoms with E-state index in [4.69, 9.17) is 21.9 Å². The molecule has 1 aromatic heterocycles. The van der Waals surface area contributed by atoms with Crippen molar-refractivity contribution in [1.82, 2.24) is 15.6 Å². The van der Waals surface area contributed by atoms with Crippen molar-refractivity contribution < 1.29 is 9.53 Å². The van der Waals surface area contributed by atoms with Crippen molar-refractivity contribution in [3.05, 3.63) is 83.9 Å². The number of ether oxygens (including phenoxy) is 1. The fourth-order valence-electron chi connectivity index (χ4n) is 3.09. The van der Waals surface area contributed by atoms with Crippen molar-refractivity contribution in [2.45, 2.75) is 19.9 Å². The van der Waals surface area contributed by atoms with Crippen LogP contribution in [0.15, 0.2) is 72.8 Å². The number of amides is 1. The van der Waals surface area contributed by atoms with E-state index in [0.717, 1.165) is 33.8 Å². The average Bonchev–Trinajstić information content (AvgIpc) is 3.26. The van der Waals surface area contributed by atoms with Crippen LogP contribution < -0.4 is 15.4 Å². The molecule has 7 heteroatoms. The molecular formula is C25H23N3O2S2. The Morgan fingerprint density at radius 1 is 1.03 bits per heavy atom. The van der Waals surface area contributed by atoms with Gasteiger partial charge in [0.05, 0.1) is 16.8 Å². The normalized spacial score (nSPS) is 10.7. The van der Waals surface area contributed by atoms with E-state index in [9.17, 15) is 4.79 Å². The van der Waals surface area contributed by atoms with Crippen molar-refractivity contribution in [2.75, 3.05) is 6.61 Å². The number of carbonyl (C=O) groups excluding carboxylic acids is 1. The van der Waals surface area contributed by atoms with Crippen LogP contribution in [0.2, 0.25) is 0 Å². The van der Waals surface area contributed by atoms with Gasteiger partial charge in [-0.15, -0.1) is 11.3 Å². The Hall–Kier alpha value is -3.29. The van der Waals surface area contributed by atoms with Gasteiger partial charge in [0.2, 0.25) is 0 Å². The second kappa shape index (κ2) is 10.3. The van der Waals surface area contributed by atoms with E-state index >= 15 is 0 Å². The lowest BCUT2D eigenvalue weighted by Crippen LogP contribution is -2.38. The molecule has 0 radical (unpaired) electrons. The Labute approximate surface area is 196 Å². The van der Waals surface area contributed by atoms with Crippen LogP contribution in [0.4, 0.5) is 0 Å². The molecular weight excluding hydrogens is 438 g/mol. The lowest BCUT2D eigenvalue weighted by Gasteiger charge is -2.10. The Morgan fingerprint density at radius 2 is 1.78 bits per heavy atom. The fourth-order valence-corrected chi connectivity index (χ4v) is 4.22. The first-order valence-electron chi connectivity index (χ1n) is 10.4. The van der Waals surface area contributed by atoms with Gasteiger partial charge in [0.25, 0.3) is 5.91 Å². The second-order valence-corrected chi connectivity index (χ2v) is 8.63. The molecule has 0 saturated carbocycles. The minimum absolute atomic E-state index is 0.254. The zero-order valence-corrected chi connectivity index (χ0v) is 19.3. The zero-order chi connectivity index (χ0) is 22.3. The summed E-state index contributed by atoms with van der Waals surface area (Å²) in [5, 5.41) is 7.08. The quantitative estimate of drug-likeness (QED) is 0.353. The third kappa shape index (κ3) is 5.49. The molecule has 4 aromatic rings. The number of carbonyl (C=O) groups is 1. The molecule has 3 aromatic carbocycles. The number of fused-ring (bicyclic) bond motifs is 1. The third-order valence-corrected chi connectivity index (χ3v) is 6.10. The van der Waals surface area contributed by atoms with Gasteiger partial charge in [-0.3, -0.25) is 10.1 Å². The Morgan fingerprint density at radius 3 is 2.50 bits per heavy atom. The Kier molecular flexibility index (Phi) is 7.09. The SMILES string of the molecule is CCCOc1ccc(C(=O)NC(=S)NCc2ccc(-c3nc4ccccc4s3)cc2)cc1. The summed E-state index contributed by atoms with van der Waals surface area (Å²) in [4.78, 5) is 17.1. The number of hydrogen-bond acceptors (Lipinski definition) is 5. The maximum absolute atomic E-state index is 12.4. The van der Waals surface area contributed by atoms with E-state index in [2.05, 4.69) is 28.8 Å². The summed E-state index contributed by atoms with van der Waals surface area (Å²) in [6.45, 7) is 3.22. The minimum Gasteiger partial charge on any atom is -0.494 e. The van der Waals surface area contributed by atoms with E-state index in [1.54, 1.807) is 35.6 Å². The summed E-state index contributed by atoms with van der Waals surface area (Å²) < 4.78 is 6.72. The molecule has 5 nitrogen and oxygen atoms in total. The highest BCUT2D eigenvalue weighted by molar-refractivity contribution is 7.80. The molecule has 0 saturated heterocycles. The number of nitrogens with one attached hydrogen (secondary N) is 2. The Bertz CT molecular complexity index is 1190. The predicted molar refractivity (Wildman–Crippen MR) is 134 cm³/mol. The van der Waals surface area contributed by atoms with Crippen molar-refractivity contribution >= 4 is 44.8 Å². The first kappa shape index (κ1) is 21.9. The van der Waals surface area contributed by atoms with Gasteiger partial charge < -0.3 is 10.1 Å². The van der Waals surface area contributed by atoms with Crippen LogP contribution in [0, 0.1) is 0 Å². The number of benzene rings is 3. The summed E-state index contributed by atoms with van der Waals surface area (Å²) in [6, 6.07) is 23.3. The highest BCUT2D eigenvalue weighted by atomic mass is 32.1. The second-order valence-electron chi connectivity index (χ2n) is 7.19. The first-order chi connectivity index (χ1) is 15.6. The van der Waals surface area contributed by atoms with Crippen LogP contribution in [-0.2, 0) is 6.54 Å². The monoisotopic (exact) mass is 461 g/mol. The highest BCUT2D eigenvalue weighted by Crippen LogP contribution is 2.29. The van der Waals surface area contributed by atoms with Gasteiger partial charge in [0.1, 0.15) is 10.8 Å². The lowest BCUT2D eigenvalue weighted by molar-refractivity contribution is 0.0976. The first-order valence-corrected chi connectivity index (χ1v) is 11.6. The lowest BCUT2D eigenvalue weighted by atomic mass is 10.1. The van der Waals surface area contributed by atoms with E-state index in [0.29, 0.717) is 18.7 Å². The summed E-state index contributed by atoms with van der Waals surface area (Å²) in [7, 11) is 0. The number of thiocarbonyl (C=S) groups is 1. The van der Waals surface area contributed by atoms with Crippen molar-refractivity contribution in [1.29, 1.82) is 0 Å². The van der Waals surface area contributed by atoms with Crippen LogP contribution in [0.3, 0.4) is 0 Å². The largest absolute Gasteiger partial charge is 0.494 e. The average molecular weight is 462 g/mol. The van der Waals surface area contributed by atoms with Gasteiger partial charge in [-0.25, -0.2) is 4.98 Å². The van der Waals surface area contributed by atoms with Crippen LogP contribution in [0.1, 0.15) is 29.3 Å². The smallest absolute Gasteiger partial charge is 0.257 e. The molecule has 0 aliphatic rings. The number of nitrogens with zero attached hydrogens (tertiary/aromatic N) is 1. The summed E-state index contributed by atoms with van der Waals surface area (Å²) in [5.41, 5.74) is 3.68. The van der Waals surface area contributed by atoms with Crippen LogP contribution in [0.25, 0.3) is 20.8 Å². The topological polar surface area (TPSA) is 63.2 Å². The van der Waals surface area contributed by atoms with Crippen molar-refractivity contribution in [3.63, 3.8) is 0 Å². The summed E-state index contributed by atoms with van der Waals surface area (Å²) in [5.74, 6) is 0.495.